The lowest BCUT2D eigenvalue weighted by Gasteiger charge is -2.52. The number of nitrogens with two attached hydrogens (primary N) is 1. The SMILES string of the molecule is CC(C)C(=O)N[C@@]1(C)C[C@@H](c2cc(Br)ccc2OCC(N)=O)O[C@H]2C[C@@H](C)CC[C@@H]21. The standard InChI is InChI=1S/C23H33BrN2O4/c1-13(2)22(28)26-23(4)11-20(30-19-9-14(3)5-7-17(19)23)16-10-15(24)6-8-18(16)29-12-21(25)27/h6,8,10,13-14,17,19-20H,5,7,9,11-12H2,1-4H3,(H2,25,27)(H,26,28)/t14-,17-,19-,20-,23-/m0/s1. The van der Waals surface area contributed by atoms with Crippen molar-refractivity contribution < 1.29 is 19.1 Å². The molecular formula is C23H33BrN2O4. The molecule has 2 fully saturated rings. The van der Waals surface area contributed by atoms with Crippen molar-refractivity contribution in [1.29, 1.82) is 0 Å². The van der Waals surface area contributed by atoms with Crippen LogP contribution in [0.2, 0.25) is 0 Å². The van der Waals surface area contributed by atoms with Crippen molar-refractivity contribution in [1.82, 2.24) is 5.32 Å². The Labute approximate surface area is 187 Å². The minimum atomic E-state index is -0.524. The molecule has 3 N–H and O–H groups in total. The van der Waals surface area contributed by atoms with Crippen molar-refractivity contribution >= 4 is 27.7 Å². The average molecular weight is 481 g/mol. The van der Waals surface area contributed by atoms with Crippen LogP contribution in [0.4, 0.5) is 0 Å². The van der Waals surface area contributed by atoms with Gasteiger partial charge in [0.2, 0.25) is 5.91 Å². The van der Waals surface area contributed by atoms with Crippen LogP contribution < -0.4 is 15.8 Å². The molecule has 0 bridgehead atoms. The zero-order valence-electron chi connectivity index (χ0n) is 18.2. The van der Waals surface area contributed by atoms with Crippen molar-refractivity contribution in [2.45, 2.75) is 71.1 Å². The Bertz CT molecular complexity index is 799. The maximum atomic E-state index is 12.7. The van der Waals surface area contributed by atoms with Gasteiger partial charge in [0.25, 0.3) is 5.91 Å². The topological polar surface area (TPSA) is 90.6 Å². The van der Waals surface area contributed by atoms with Crippen LogP contribution in [0.5, 0.6) is 5.75 Å². The molecule has 0 radical (unpaired) electrons. The lowest BCUT2D eigenvalue weighted by Crippen LogP contribution is -2.61. The first-order valence-corrected chi connectivity index (χ1v) is 11.6. The van der Waals surface area contributed by atoms with Crippen LogP contribution in [0.15, 0.2) is 22.7 Å². The highest BCUT2D eigenvalue weighted by atomic mass is 79.9. The number of fused-ring (bicyclic) bond motifs is 1. The van der Waals surface area contributed by atoms with Crippen molar-refractivity contribution in [3.8, 4) is 5.75 Å². The molecule has 1 saturated carbocycles. The molecular weight excluding hydrogens is 448 g/mol. The summed E-state index contributed by atoms with van der Waals surface area (Å²) in [6, 6.07) is 5.66. The number of hydrogen-bond donors (Lipinski definition) is 2. The van der Waals surface area contributed by atoms with Crippen molar-refractivity contribution in [3.63, 3.8) is 0 Å². The lowest BCUT2D eigenvalue weighted by atomic mass is 9.66. The van der Waals surface area contributed by atoms with Gasteiger partial charge in [-0.2, -0.15) is 0 Å². The second kappa shape index (κ2) is 9.27. The number of carbonyl (C=O) groups excluding carboxylic acids is 2. The third-order valence-electron chi connectivity index (χ3n) is 6.44. The molecule has 30 heavy (non-hydrogen) atoms. The van der Waals surface area contributed by atoms with Gasteiger partial charge in [-0.3, -0.25) is 9.59 Å². The minimum absolute atomic E-state index is 0.0629. The molecule has 1 aromatic rings. The highest BCUT2D eigenvalue weighted by Crippen LogP contribution is 2.49. The minimum Gasteiger partial charge on any atom is -0.483 e. The van der Waals surface area contributed by atoms with E-state index in [1.54, 1.807) is 0 Å². The van der Waals surface area contributed by atoms with Crippen LogP contribution in [0.25, 0.3) is 0 Å². The molecule has 1 heterocycles. The van der Waals surface area contributed by atoms with E-state index in [0.29, 0.717) is 18.1 Å². The number of primary amides is 1. The Morgan fingerprint density at radius 1 is 1.37 bits per heavy atom. The Morgan fingerprint density at radius 3 is 2.77 bits per heavy atom. The predicted octanol–water partition coefficient (Wildman–Crippen LogP) is 4.11. The van der Waals surface area contributed by atoms with Crippen LogP contribution in [0, 0.1) is 17.8 Å². The van der Waals surface area contributed by atoms with Gasteiger partial charge in [-0.05, 0) is 43.9 Å². The van der Waals surface area contributed by atoms with Gasteiger partial charge < -0.3 is 20.5 Å². The molecule has 3 rings (SSSR count). The molecule has 0 unspecified atom stereocenters. The van der Waals surface area contributed by atoms with E-state index in [2.05, 4.69) is 35.1 Å². The van der Waals surface area contributed by atoms with Crippen molar-refractivity contribution in [2.24, 2.45) is 23.5 Å². The second-order valence-electron chi connectivity index (χ2n) is 9.39. The molecule has 1 aliphatic carbocycles. The van der Waals surface area contributed by atoms with Crippen LogP contribution in [0.3, 0.4) is 0 Å². The van der Waals surface area contributed by atoms with Crippen molar-refractivity contribution in [3.05, 3.63) is 28.2 Å². The van der Waals surface area contributed by atoms with Crippen LogP contribution >= 0.6 is 15.9 Å². The van der Waals surface area contributed by atoms with Gasteiger partial charge in [0.05, 0.1) is 12.2 Å². The highest BCUT2D eigenvalue weighted by Gasteiger charge is 2.50. The van der Waals surface area contributed by atoms with Crippen LogP contribution in [-0.2, 0) is 14.3 Å². The van der Waals surface area contributed by atoms with E-state index in [-0.39, 0.29) is 42.1 Å². The van der Waals surface area contributed by atoms with Gasteiger partial charge in [-0.25, -0.2) is 0 Å². The molecule has 166 valence electrons. The highest BCUT2D eigenvalue weighted by molar-refractivity contribution is 9.10. The van der Waals surface area contributed by atoms with E-state index in [0.717, 1.165) is 29.3 Å². The molecule has 1 saturated heterocycles. The molecule has 6 nitrogen and oxygen atoms in total. The molecule has 7 heteroatoms. The third-order valence-corrected chi connectivity index (χ3v) is 6.94. The fourth-order valence-corrected chi connectivity index (χ4v) is 5.19. The molecule has 2 amide bonds. The number of halogens is 1. The van der Waals surface area contributed by atoms with E-state index in [9.17, 15) is 9.59 Å². The lowest BCUT2D eigenvalue weighted by molar-refractivity contribution is -0.155. The van der Waals surface area contributed by atoms with Crippen molar-refractivity contribution in [2.75, 3.05) is 6.61 Å². The maximum absolute atomic E-state index is 12.7. The van der Waals surface area contributed by atoms with Gasteiger partial charge in [0.15, 0.2) is 6.61 Å². The molecule has 2 aliphatic rings. The van der Waals surface area contributed by atoms with Gasteiger partial charge in [0.1, 0.15) is 5.75 Å². The first-order valence-electron chi connectivity index (χ1n) is 10.8. The average Bonchev–Trinajstić information content (AvgIpc) is 2.66. The zero-order valence-corrected chi connectivity index (χ0v) is 19.8. The monoisotopic (exact) mass is 480 g/mol. The van der Waals surface area contributed by atoms with E-state index in [1.165, 1.54) is 0 Å². The molecule has 5 atom stereocenters. The maximum Gasteiger partial charge on any atom is 0.255 e. The Morgan fingerprint density at radius 2 is 2.10 bits per heavy atom. The number of ether oxygens (including phenoxy) is 2. The molecule has 1 aliphatic heterocycles. The largest absolute Gasteiger partial charge is 0.483 e. The van der Waals surface area contributed by atoms with Gasteiger partial charge in [-0.1, -0.05) is 43.1 Å². The number of amides is 2. The van der Waals surface area contributed by atoms with E-state index in [1.807, 2.05) is 32.0 Å². The number of carbonyl (C=O) groups is 2. The van der Waals surface area contributed by atoms with E-state index in [4.69, 9.17) is 15.2 Å². The summed E-state index contributed by atoms with van der Waals surface area (Å²) in [6.45, 7) is 8.05. The summed E-state index contributed by atoms with van der Waals surface area (Å²) in [5.74, 6) is 0.905. The molecule has 0 spiro atoms. The smallest absolute Gasteiger partial charge is 0.255 e. The third kappa shape index (κ3) is 5.17. The Kier molecular flexibility index (Phi) is 7.13. The summed E-state index contributed by atoms with van der Waals surface area (Å²) in [4.78, 5) is 23.9. The number of nitrogens with one attached hydrogen (secondary N) is 1. The second-order valence-corrected chi connectivity index (χ2v) is 10.3. The summed E-state index contributed by atoms with van der Waals surface area (Å²) in [5, 5.41) is 3.35. The fraction of sp³-hybridized carbons (Fsp3) is 0.652. The summed E-state index contributed by atoms with van der Waals surface area (Å²) in [7, 11) is 0. The first kappa shape index (κ1) is 23.1. The number of benzene rings is 1. The first-order chi connectivity index (χ1) is 14.1. The summed E-state index contributed by atoms with van der Waals surface area (Å²) >= 11 is 3.54. The number of rotatable bonds is 6. The predicted molar refractivity (Wildman–Crippen MR) is 119 cm³/mol. The van der Waals surface area contributed by atoms with Crippen LogP contribution in [-0.4, -0.2) is 30.1 Å². The van der Waals surface area contributed by atoms with Gasteiger partial charge in [-0.15, -0.1) is 0 Å². The fourth-order valence-electron chi connectivity index (χ4n) is 4.81. The molecule has 1 aromatic carbocycles. The summed E-state index contributed by atoms with van der Waals surface area (Å²) in [6.07, 6.45) is 3.61. The normalized spacial score (nSPS) is 31.1. The Hall–Kier alpha value is -1.60. The Balaban J connectivity index is 1.94. The zero-order chi connectivity index (χ0) is 22.1. The molecule has 0 aromatic heterocycles. The van der Waals surface area contributed by atoms with E-state index >= 15 is 0 Å². The van der Waals surface area contributed by atoms with Gasteiger partial charge >= 0.3 is 0 Å². The number of hydrogen-bond acceptors (Lipinski definition) is 4. The summed E-state index contributed by atoms with van der Waals surface area (Å²) in [5.41, 5.74) is 5.77. The van der Waals surface area contributed by atoms with Crippen LogP contribution in [0.1, 0.15) is 65.0 Å². The quantitative estimate of drug-likeness (QED) is 0.640. The van der Waals surface area contributed by atoms with E-state index < -0.39 is 5.91 Å². The summed E-state index contributed by atoms with van der Waals surface area (Å²) < 4.78 is 13.2. The van der Waals surface area contributed by atoms with Gasteiger partial charge in [0, 0.05) is 33.8 Å².